The summed E-state index contributed by atoms with van der Waals surface area (Å²) in [5.41, 5.74) is 4.04. The van der Waals surface area contributed by atoms with Gasteiger partial charge in [-0.15, -0.1) is 10.2 Å². The second kappa shape index (κ2) is 7.90. The standard InChI is InChI=1S/C21H20N4O2S/c1-14-5-4-6-17(11-14)25-15(2)22-23-21(25)28-13-19-12-20(24-27-19)16-7-9-18(26-3)10-8-16/h4-12H,13H2,1-3H3. The number of nitrogens with zero attached hydrogens (tertiary/aromatic N) is 4. The predicted octanol–water partition coefficient (Wildman–Crippen LogP) is 4.84. The predicted molar refractivity (Wildman–Crippen MR) is 109 cm³/mol. The van der Waals surface area contributed by atoms with Gasteiger partial charge in [-0.05, 0) is 55.8 Å². The van der Waals surface area contributed by atoms with Crippen LogP contribution < -0.4 is 4.74 Å². The SMILES string of the molecule is COc1ccc(-c2cc(CSc3nnc(C)n3-c3cccc(C)c3)on2)cc1. The maximum atomic E-state index is 5.51. The molecule has 0 atom stereocenters. The van der Waals surface area contributed by atoms with Crippen molar-refractivity contribution in [2.24, 2.45) is 0 Å². The summed E-state index contributed by atoms with van der Waals surface area (Å²) in [6.45, 7) is 4.03. The van der Waals surface area contributed by atoms with Crippen molar-refractivity contribution >= 4 is 11.8 Å². The minimum Gasteiger partial charge on any atom is -0.497 e. The Morgan fingerprint density at radius 3 is 2.61 bits per heavy atom. The molecule has 2 aromatic carbocycles. The van der Waals surface area contributed by atoms with Gasteiger partial charge in [0.1, 0.15) is 23.0 Å². The summed E-state index contributed by atoms with van der Waals surface area (Å²) in [5.74, 6) is 3.07. The molecule has 4 aromatic rings. The van der Waals surface area contributed by atoms with Gasteiger partial charge in [-0.1, -0.05) is 29.1 Å². The van der Waals surface area contributed by atoms with Crippen LogP contribution >= 0.6 is 11.8 Å². The number of thioether (sulfide) groups is 1. The molecule has 7 heteroatoms. The molecule has 0 aliphatic rings. The molecular formula is C21H20N4O2S. The fourth-order valence-corrected chi connectivity index (χ4v) is 3.79. The average molecular weight is 392 g/mol. The Hall–Kier alpha value is -3.06. The zero-order valence-corrected chi connectivity index (χ0v) is 16.7. The smallest absolute Gasteiger partial charge is 0.196 e. The van der Waals surface area contributed by atoms with E-state index in [2.05, 4.69) is 45.0 Å². The van der Waals surface area contributed by atoms with Crippen LogP contribution in [-0.2, 0) is 5.75 Å². The minimum absolute atomic E-state index is 0.618. The fourth-order valence-electron chi connectivity index (χ4n) is 2.92. The molecule has 0 bridgehead atoms. The first-order valence-corrected chi connectivity index (χ1v) is 9.84. The van der Waals surface area contributed by atoms with E-state index in [1.165, 1.54) is 5.56 Å². The summed E-state index contributed by atoms with van der Waals surface area (Å²) in [6.07, 6.45) is 0. The Balaban J connectivity index is 1.51. The van der Waals surface area contributed by atoms with E-state index in [9.17, 15) is 0 Å². The lowest BCUT2D eigenvalue weighted by atomic mass is 10.1. The molecule has 0 spiro atoms. The topological polar surface area (TPSA) is 66.0 Å². The van der Waals surface area contributed by atoms with Gasteiger partial charge in [0.2, 0.25) is 0 Å². The van der Waals surface area contributed by atoms with Crippen molar-refractivity contribution in [1.29, 1.82) is 0 Å². The van der Waals surface area contributed by atoms with Crippen LogP contribution in [0.15, 0.2) is 64.3 Å². The van der Waals surface area contributed by atoms with E-state index in [-0.39, 0.29) is 0 Å². The highest BCUT2D eigenvalue weighted by molar-refractivity contribution is 7.98. The van der Waals surface area contributed by atoms with Crippen LogP contribution in [0.2, 0.25) is 0 Å². The van der Waals surface area contributed by atoms with Crippen LogP contribution in [0.4, 0.5) is 0 Å². The molecule has 2 heterocycles. The molecule has 4 rings (SSSR count). The van der Waals surface area contributed by atoms with Crippen molar-refractivity contribution in [2.45, 2.75) is 24.8 Å². The number of benzene rings is 2. The van der Waals surface area contributed by atoms with Crippen molar-refractivity contribution in [1.82, 2.24) is 19.9 Å². The van der Waals surface area contributed by atoms with Gasteiger partial charge in [0.15, 0.2) is 5.16 Å². The van der Waals surface area contributed by atoms with Crippen LogP contribution in [0, 0.1) is 13.8 Å². The van der Waals surface area contributed by atoms with E-state index in [4.69, 9.17) is 9.26 Å². The van der Waals surface area contributed by atoms with Gasteiger partial charge in [0.05, 0.1) is 12.9 Å². The van der Waals surface area contributed by atoms with Gasteiger partial charge >= 0.3 is 0 Å². The Bertz CT molecular complexity index is 1090. The summed E-state index contributed by atoms with van der Waals surface area (Å²) in [5, 5.41) is 13.6. The van der Waals surface area contributed by atoms with Gasteiger partial charge in [-0.3, -0.25) is 4.57 Å². The summed E-state index contributed by atoms with van der Waals surface area (Å²) < 4.78 is 12.8. The van der Waals surface area contributed by atoms with Crippen molar-refractivity contribution in [3.05, 3.63) is 71.7 Å². The second-order valence-corrected chi connectivity index (χ2v) is 7.34. The van der Waals surface area contributed by atoms with Crippen molar-refractivity contribution in [3.8, 4) is 22.7 Å². The lowest BCUT2D eigenvalue weighted by Crippen LogP contribution is -1.99. The van der Waals surface area contributed by atoms with Crippen LogP contribution in [-0.4, -0.2) is 27.0 Å². The molecular weight excluding hydrogens is 372 g/mol. The zero-order chi connectivity index (χ0) is 19.5. The second-order valence-electron chi connectivity index (χ2n) is 6.40. The molecule has 0 fully saturated rings. The lowest BCUT2D eigenvalue weighted by molar-refractivity contribution is 0.397. The molecule has 0 saturated carbocycles. The van der Waals surface area contributed by atoms with Gasteiger partial charge < -0.3 is 9.26 Å². The minimum atomic E-state index is 0.618. The highest BCUT2D eigenvalue weighted by Crippen LogP contribution is 2.28. The molecule has 0 amide bonds. The largest absolute Gasteiger partial charge is 0.497 e. The van der Waals surface area contributed by atoms with E-state index >= 15 is 0 Å². The number of aromatic nitrogens is 4. The quantitative estimate of drug-likeness (QED) is 0.438. The highest BCUT2D eigenvalue weighted by atomic mass is 32.2. The molecule has 2 aromatic heterocycles. The third-order valence-electron chi connectivity index (χ3n) is 4.34. The average Bonchev–Trinajstić information content (AvgIpc) is 3.33. The molecule has 0 aliphatic carbocycles. The summed E-state index contributed by atoms with van der Waals surface area (Å²) in [7, 11) is 1.65. The number of rotatable bonds is 6. The molecule has 0 unspecified atom stereocenters. The first kappa shape index (κ1) is 18.3. The monoisotopic (exact) mass is 392 g/mol. The first-order chi connectivity index (χ1) is 13.6. The number of ether oxygens (including phenoxy) is 1. The molecule has 0 saturated heterocycles. The number of hydrogen-bond donors (Lipinski definition) is 0. The lowest BCUT2D eigenvalue weighted by Gasteiger charge is -2.08. The van der Waals surface area contributed by atoms with Gasteiger partial charge in [0, 0.05) is 17.3 Å². The van der Waals surface area contributed by atoms with Gasteiger partial charge in [-0.25, -0.2) is 0 Å². The molecule has 142 valence electrons. The Morgan fingerprint density at radius 1 is 1.04 bits per heavy atom. The summed E-state index contributed by atoms with van der Waals surface area (Å²) in [4.78, 5) is 0. The van der Waals surface area contributed by atoms with Gasteiger partial charge in [0.25, 0.3) is 0 Å². The van der Waals surface area contributed by atoms with Crippen LogP contribution in [0.1, 0.15) is 17.1 Å². The van der Waals surface area contributed by atoms with Crippen molar-refractivity contribution in [3.63, 3.8) is 0 Å². The van der Waals surface area contributed by atoms with E-state index in [0.29, 0.717) is 5.75 Å². The zero-order valence-electron chi connectivity index (χ0n) is 15.9. The maximum Gasteiger partial charge on any atom is 0.196 e. The third-order valence-corrected chi connectivity index (χ3v) is 5.29. The van der Waals surface area contributed by atoms with E-state index < -0.39 is 0 Å². The van der Waals surface area contributed by atoms with E-state index in [0.717, 1.165) is 39.4 Å². The van der Waals surface area contributed by atoms with Crippen molar-refractivity contribution < 1.29 is 9.26 Å². The van der Waals surface area contributed by atoms with E-state index in [1.54, 1.807) is 18.9 Å². The van der Waals surface area contributed by atoms with Crippen molar-refractivity contribution in [2.75, 3.05) is 7.11 Å². The molecule has 0 aliphatic heterocycles. The molecule has 6 nitrogen and oxygen atoms in total. The van der Waals surface area contributed by atoms with E-state index in [1.807, 2.05) is 43.3 Å². The van der Waals surface area contributed by atoms with Crippen LogP contribution in [0.3, 0.4) is 0 Å². The van der Waals surface area contributed by atoms with Crippen LogP contribution in [0.5, 0.6) is 5.75 Å². The Labute approximate surface area is 167 Å². The highest BCUT2D eigenvalue weighted by Gasteiger charge is 2.14. The molecule has 28 heavy (non-hydrogen) atoms. The summed E-state index contributed by atoms with van der Waals surface area (Å²) >= 11 is 1.57. The molecule has 0 radical (unpaired) electrons. The summed E-state index contributed by atoms with van der Waals surface area (Å²) in [6, 6.07) is 18.0. The Kier molecular flexibility index (Phi) is 5.16. The van der Waals surface area contributed by atoms with Crippen LogP contribution in [0.25, 0.3) is 16.9 Å². The maximum absolute atomic E-state index is 5.51. The fraction of sp³-hybridized carbons (Fsp3) is 0.190. The Morgan fingerprint density at radius 2 is 1.86 bits per heavy atom. The number of methoxy groups -OCH3 is 1. The molecule has 0 N–H and O–H groups in total. The third kappa shape index (κ3) is 3.80. The number of aryl methyl sites for hydroxylation is 2. The normalized spacial score (nSPS) is 11.0. The first-order valence-electron chi connectivity index (χ1n) is 8.86. The van der Waals surface area contributed by atoms with Gasteiger partial charge in [-0.2, -0.15) is 0 Å². The number of hydrogen-bond acceptors (Lipinski definition) is 6.